The number of carbonyl (C=O) groups is 2. The van der Waals surface area contributed by atoms with E-state index in [0.29, 0.717) is 6.47 Å². The molecule has 0 aliphatic heterocycles. The summed E-state index contributed by atoms with van der Waals surface area (Å²) in [7, 11) is 1.40. The number of hydrogen-bond donors (Lipinski definition) is 0. The van der Waals surface area contributed by atoms with Crippen LogP contribution < -0.4 is 0 Å². The van der Waals surface area contributed by atoms with E-state index in [4.69, 9.17) is 4.74 Å². The monoisotopic (exact) mass is 186 g/mol. The van der Waals surface area contributed by atoms with Crippen molar-refractivity contribution < 1.29 is 19.1 Å². The summed E-state index contributed by atoms with van der Waals surface area (Å²) < 4.78 is 9.45. The van der Waals surface area contributed by atoms with Crippen molar-refractivity contribution >= 4 is 12.4 Å². The first kappa shape index (κ1) is 10.0. The van der Waals surface area contributed by atoms with E-state index in [1.54, 1.807) is 0 Å². The maximum Gasteiger partial charge on any atom is 0.308 e. The molecule has 0 unspecified atom stereocenters. The van der Waals surface area contributed by atoms with Gasteiger partial charge in [0.15, 0.2) is 0 Å². The molecule has 74 valence electrons. The van der Waals surface area contributed by atoms with Crippen LogP contribution in [-0.4, -0.2) is 25.7 Å². The minimum atomic E-state index is -0.149. The van der Waals surface area contributed by atoms with Crippen molar-refractivity contribution in [3.63, 3.8) is 0 Å². The van der Waals surface area contributed by atoms with Gasteiger partial charge in [0.25, 0.3) is 6.47 Å². The molecule has 0 radical (unpaired) electrons. The highest BCUT2D eigenvalue weighted by molar-refractivity contribution is 5.72. The predicted molar refractivity (Wildman–Crippen MR) is 44.9 cm³/mol. The van der Waals surface area contributed by atoms with Gasteiger partial charge >= 0.3 is 5.97 Å². The van der Waals surface area contributed by atoms with Crippen LogP contribution in [0.25, 0.3) is 0 Å². The molecule has 0 aromatic heterocycles. The summed E-state index contributed by atoms with van der Waals surface area (Å²) in [4.78, 5) is 21.1. The Labute approximate surface area is 77.2 Å². The third-order valence-electron chi connectivity index (χ3n) is 2.46. The molecule has 4 nitrogen and oxygen atoms in total. The Morgan fingerprint density at radius 2 is 1.92 bits per heavy atom. The zero-order valence-corrected chi connectivity index (χ0v) is 7.69. The zero-order valence-electron chi connectivity index (χ0n) is 7.69. The third kappa shape index (κ3) is 2.72. The van der Waals surface area contributed by atoms with E-state index in [1.807, 2.05) is 0 Å². The maximum absolute atomic E-state index is 11.1. The minimum absolute atomic E-state index is 0.00148. The van der Waals surface area contributed by atoms with E-state index < -0.39 is 0 Å². The molecule has 13 heavy (non-hydrogen) atoms. The van der Waals surface area contributed by atoms with Crippen molar-refractivity contribution in [1.29, 1.82) is 0 Å². The Kier molecular flexibility index (Phi) is 3.73. The van der Waals surface area contributed by atoms with Gasteiger partial charge in [-0.25, -0.2) is 0 Å². The van der Waals surface area contributed by atoms with Crippen molar-refractivity contribution in [1.82, 2.24) is 0 Å². The average Bonchev–Trinajstić information content (AvgIpc) is 2.18. The molecule has 0 N–H and O–H groups in total. The molecule has 0 atom stereocenters. The van der Waals surface area contributed by atoms with Crippen molar-refractivity contribution in [2.45, 2.75) is 31.8 Å². The predicted octanol–water partition coefficient (Wildman–Crippen LogP) is 0.891. The standard InChI is InChI=1S/C9H14O4/c1-12-9(11)7-2-4-8(5-3-7)13-6-10/h6-8H,2-5H2,1H3/t7-,8-. The first-order chi connectivity index (χ1) is 6.27. The van der Waals surface area contributed by atoms with E-state index in [1.165, 1.54) is 7.11 Å². The molecule has 0 bridgehead atoms. The van der Waals surface area contributed by atoms with Crippen LogP contribution in [0, 0.1) is 5.92 Å². The van der Waals surface area contributed by atoms with Crippen LogP contribution >= 0.6 is 0 Å². The van der Waals surface area contributed by atoms with Gasteiger partial charge in [-0.3, -0.25) is 9.59 Å². The van der Waals surface area contributed by atoms with E-state index >= 15 is 0 Å². The Morgan fingerprint density at radius 1 is 1.31 bits per heavy atom. The molecule has 1 saturated carbocycles. The summed E-state index contributed by atoms with van der Waals surface area (Å²) in [5.41, 5.74) is 0. The molecule has 1 aliphatic carbocycles. The molecule has 0 aromatic rings. The molecule has 1 aliphatic rings. The fourth-order valence-corrected chi connectivity index (χ4v) is 1.68. The lowest BCUT2D eigenvalue weighted by molar-refractivity contribution is -0.148. The summed E-state index contributed by atoms with van der Waals surface area (Å²) in [6.07, 6.45) is 3.03. The topological polar surface area (TPSA) is 52.6 Å². The van der Waals surface area contributed by atoms with Gasteiger partial charge in [0.1, 0.15) is 6.10 Å². The molecular formula is C9H14O4. The average molecular weight is 186 g/mol. The highest BCUT2D eigenvalue weighted by Crippen LogP contribution is 2.26. The lowest BCUT2D eigenvalue weighted by Gasteiger charge is -2.25. The maximum atomic E-state index is 11.1. The van der Waals surface area contributed by atoms with Gasteiger partial charge in [-0.15, -0.1) is 0 Å². The number of methoxy groups -OCH3 is 1. The van der Waals surface area contributed by atoms with E-state index in [2.05, 4.69) is 4.74 Å². The second-order valence-corrected chi connectivity index (χ2v) is 3.23. The van der Waals surface area contributed by atoms with Gasteiger partial charge < -0.3 is 9.47 Å². The summed E-state index contributed by atoms with van der Waals surface area (Å²) in [5, 5.41) is 0. The lowest BCUT2D eigenvalue weighted by atomic mass is 9.87. The number of carbonyl (C=O) groups excluding carboxylic acids is 2. The summed E-state index contributed by atoms with van der Waals surface area (Å²) in [6, 6.07) is 0. The Balaban J connectivity index is 2.30. The van der Waals surface area contributed by atoms with Crippen molar-refractivity contribution in [3.8, 4) is 0 Å². The van der Waals surface area contributed by atoms with Crippen LogP contribution in [0.4, 0.5) is 0 Å². The smallest absolute Gasteiger partial charge is 0.308 e. The molecule has 0 saturated heterocycles. The van der Waals surface area contributed by atoms with Crippen molar-refractivity contribution in [2.75, 3.05) is 7.11 Å². The van der Waals surface area contributed by atoms with Gasteiger partial charge in [0.05, 0.1) is 13.0 Å². The second kappa shape index (κ2) is 4.84. The first-order valence-corrected chi connectivity index (χ1v) is 4.45. The number of rotatable bonds is 3. The quantitative estimate of drug-likeness (QED) is 0.485. The number of hydrogen-bond acceptors (Lipinski definition) is 4. The number of ether oxygens (including phenoxy) is 2. The van der Waals surface area contributed by atoms with Gasteiger partial charge in [0.2, 0.25) is 0 Å². The fraction of sp³-hybridized carbons (Fsp3) is 0.778. The van der Waals surface area contributed by atoms with Gasteiger partial charge in [-0.1, -0.05) is 0 Å². The molecule has 1 rings (SSSR count). The Morgan fingerprint density at radius 3 is 2.38 bits per heavy atom. The number of esters is 1. The highest BCUT2D eigenvalue weighted by atomic mass is 16.5. The molecule has 1 fully saturated rings. The largest absolute Gasteiger partial charge is 0.469 e. The van der Waals surface area contributed by atoms with E-state index in [-0.39, 0.29) is 18.0 Å². The second-order valence-electron chi connectivity index (χ2n) is 3.23. The molecular weight excluding hydrogens is 172 g/mol. The summed E-state index contributed by atoms with van der Waals surface area (Å²) in [5.74, 6) is -0.152. The van der Waals surface area contributed by atoms with Crippen molar-refractivity contribution in [3.05, 3.63) is 0 Å². The summed E-state index contributed by atoms with van der Waals surface area (Å²) >= 11 is 0. The van der Waals surface area contributed by atoms with E-state index in [9.17, 15) is 9.59 Å². The van der Waals surface area contributed by atoms with Crippen LogP contribution in [0.5, 0.6) is 0 Å². The zero-order chi connectivity index (χ0) is 9.68. The minimum Gasteiger partial charge on any atom is -0.469 e. The molecule has 0 amide bonds. The first-order valence-electron chi connectivity index (χ1n) is 4.45. The third-order valence-corrected chi connectivity index (χ3v) is 2.46. The van der Waals surface area contributed by atoms with Crippen LogP contribution in [-0.2, 0) is 19.1 Å². The van der Waals surface area contributed by atoms with Crippen LogP contribution in [0.15, 0.2) is 0 Å². The lowest BCUT2D eigenvalue weighted by Crippen LogP contribution is -2.26. The van der Waals surface area contributed by atoms with Crippen LogP contribution in [0.2, 0.25) is 0 Å². The summed E-state index contributed by atoms with van der Waals surface area (Å²) in [6.45, 7) is 0.475. The van der Waals surface area contributed by atoms with Crippen LogP contribution in [0.1, 0.15) is 25.7 Å². The van der Waals surface area contributed by atoms with Crippen molar-refractivity contribution in [2.24, 2.45) is 5.92 Å². The van der Waals surface area contributed by atoms with Crippen LogP contribution in [0.3, 0.4) is 0 Å². The van der Waals surface area contributed by atoms with Gasteiger partial charge in [0, 0.05) is 0 Å². The molecule has 4 heteroatoms. The van der Waals surface area contributed by atoms with Gasteiger partial charge in [-0.2, -0.15) is 0 Å². The normalized spacial score (nSPS) is 27.8. The van der Waals surface area contributed by atoms with Gasteiger partial charge in [-0.05, 0) is 25.7 Å². The molecule has 0 heterocycles. The fourth-order valence-electron chi connectivity index (χ4n) is 1.68. The Bertz CT molecular complexity index is 182. The Hall–Kier alpha value is -1.06. The SMILES string of the molecule is COC(=O)[C@H]1CC[C@H](OC=O)CC1. The molecule has 0 spiro atoms. The van der Waals surface area contributed by atoms with E-state index in [0.717, 1.165) is 25.7 Å². The molecule has 0 aromatic carbocycles. The highest BCUT2D eigenvalue weighted by Gasteiger charge is 2.27.